The molecule has 0 unspecified atom stereocenters. The normalized spacial score (nSPS) is 16.0. The van der Waals surface area contributed by atoms with Crippen molar-refractivity contribution in [2.75, 3.05) is 11.9 Å². The van der Waals surface area contributed by atoms with Gasteiger partial charge in [-0.05, 0) is 12.8 Å². The Hall–Kier alpha value is -0.820. The van der Waals surface area contributed by atoms with Gasteiger partial charge in [0, 0.05) is 6.54 Å². The first-order valence-electron chi connectivity index (χ1n) is 5.12. The van der Waals surface area contributed by atoms with E-state index >= 15 is 0 Å². The van der Waals surface area contributed by atoms with E-state index in [1.54, 1.807) is 6.92 Å². The molecular formula is C10H15F3N2OS. The maximum absolute atomic E-state index is 12.3. The van der Waals surface area contributed by atoms with Crippen molar-refractivity contribution in [3.05, 3.63) is 11.1 Å². The van der Waals surface area contributed by atoms with Crippen LogP contribution in [0.5, 0.6) is 0 Å². The van der Waals surface area contributed by atoms with Crippen LogP contribution in [0.25, 0.3) is 0 Å². The van der Waals surface area contributed by atoms with Gasteiger partial charge in [-0.1, -0.05) is 25.2 Å². The molecule has 0 bridgehead atoms. The first kappa shape index (κ1) is 14.2. The van der Waals surface area contributed by atoms with Gasteiger partial charge in [-0.3, -0.25) is 0 Å². The summed E-state index contributed by atoms with van der Waals surface area (Å²) in [7, 11) is 0. The molecule has 0 aliphatic carbocycles. The number of halogens is 3. The molecule has 17 heavy (non-hydrogen) atoms. The lowest BCUT2D eigenvalue weighted by atomic mass is 9.93. The van der Waals surface area contributed by atoms with Gasteiger partial charge in [-0.25, -0.2) is 4.98 Å². The summed E-state index contributed by atoms with van der Waals surface area (Å²) in [5.41, 5.74) is -0.982. The van der Waals surface area contributed by atoms with Crippen LogP contribution in [0.2, 0.25) is 0 Å². The van der Waals surface area contributed by atoms with Crippen LogP contribution in [0.3, 0.4) is 0 Å². The zero-order valence-electron chi connectivity index (χ0n) is 9.80. The fraction of sp³-hybridized carbons (Fsp3) is 0.700. The molecule has 2 N–H and O–H groups in total. The molecule has 0 saturated heterocycles. The number of hydrogen-bond donors (Lipinski definition) is 2. The third-order valence-corrected chi connectivity index (χ3v) is 3.63. The summed E-state index contributed by atoms with van der Waals surface area (Å²) in [4.78, 5) is 2.88. The Morgan fingerprint density at radius 3 is 2.47 bits per heavy atom. The van der Waals surface area contributed by atoms with Crippen molar-refractivity contribution < 1.29 is 18.3 Å². The van der Waals surface area contributed by atoms with Crippen LogP contribution in [-0.4, -0.2) is 22.2 Å². The monoisotopic (exact) mass is 268 g/mol. The summed E-state index contributed by atoms with van der Waals surface area (Å²) in [6.45, 7) is 5.47. The van der Waals surface area contributed by atoms with Gasteiger partial charge in [0.05, 0.1) is 11.8 Å². The molecule has 1 aromatic heterocycles. The smallest absolute Gasteiger partial charge is 0.388 e. The number of nitrogens with one attached hydrogen (secondary N) is 1. The predicted octanol–water partition coefficient (Wildman–Crippen LogP) is 2.98. The number of rotatable bonds is 4. The highest BCUT2D eigenvalue weighted by Gasteiger charge is 2.33. The number of aromatic nitrogens is 1. The van der Waals surface area contributed by atoms with Crippen molar-refractivity contribution in [1.82, 2.24) is 4.98 Å². The van der Waals surface area contributed by atoms with Crippen LogP contribution in [0.1, 0.15) is 25.6 Å². The van der Waals surface area contributed by atoms with Crippen molar-refractivity contribution in [2.24, 2.45) is 5.92 Å². The largest absolute Gasteiger partial charge is 0.427 e. The number of nitrogens with zero attached hydrogens (tertiary/aromatic N) is 1. The number of thiazole rings is 1. The summed E-state index contributed by atoms with van der Waals surface area (Å²) in [6, 6.07) is 0. The molecule has 0 radical (unpaired) electrons. The molecule has 1 heterocycles. The average molecular weight is 268 g/mol. The number of alkyl halides is 3. The van der Waals surface area contributed by atoms with Gasteiger partial charge in [-0.2, -0.15) is 13.2 Å². The Morgan fingerprint density at radius 1 is 1.47 bits per heavy atom. The summed E-state index contributed by atoms with van der Waals surface area (Å²) >= 11 is 0.534. The van der Waals surface area contributed by atoms with Crippen LogP contribution >= 0.6 is 11.3 Å². The van der Waals surface area contributed by atoms with E-state index in [0.29, 0.717) is 11.3 Å². The maximum Gasteiger partial charge on any atom is 0.427 e. The highest BCUT2D eigenvalue weighted by atomic mass is 32.1. The standard InChI is InChI=1S/C10H15F3N2OS/c1-6(2)9(3,16)5-15-8-14-4-7(17-8)10(11,12)13/h4,6,16H,5H2,1-3H3,(H,14,15)/t9-/m1/s1. The molecule has 1 atom stereocenters. The second kappa shape index (κ2) is 4.81. The van der Waals surface area contributed by atoms with Crippen molar-refractivity contribution in [1.29, 1.82) is 0 Å². The van der Waals surface area contributed by atoms with E-state index in [4.69, 9.17) is 0 Å². The molecule has 1 aromatic rings. The van der Waals surface area contributed by atoms with Gasteiger partial charge in [-0.15, -0.1) is 0 Å². The Morgan fingerprint density at radius 2 is 2.06 bits per heavy atom. The van der Waals surface area contributed by atoms with E-state index in [-0.39, 0.29) is 17.6 Å². The molecule has 0 amide bonds. The summed E-state index contributed by atoms with van der Waals surface area (Å²) in [5, 5.41) is 12.8. The first-order valence-corrected chi connectivity index (χ1v) is 5.94. The minimum Gasteiger partial charge on any atom is -0.388 e. The molecule has 0 saturated carbocycles. The molecule has 0 aromatic carbocycles. The molecule has 0 aliphatic rings. The van der Waals surface area contributed by atoms with Crippen LogP contribution in [0.4, 0.5) is 18.3 Å². The third-order valence-electron chi connectivity index (χ3n) is 2.63. The topological polar surface area (TPSA) is 45.1 Å². The van der Waals surface area contributed by atoms with E-state index < -0.39 is 16.7 Å². The fourth-order valence-electron chi connectivity index (χ4n) is 0.946. The lowest BCUT2D eigenvalue weighted by Gasteiger charge is -2.27. The molecule has 7 heteroatoms. The van der Waals surface area contributed by atoms with Crippen LogP contribution in [0.15, 0.2) is 6.20 Å². The summed E-state index contributed by atoms with van der Waals surface area (Å²) in [5.74, 6) is -0.00273. The van der Waals surface area contributed by atoms with Gasteiger partial charge < -0.3 is 10.4 Å². The third kappa shape index (κ3) is 3.85. The molecule has 98 valence electrons. The van der Waals surface area contributed by atoms with E-state index in [2.05, 4.69) is 10.3 Å². The Labute approximate surface area is 102 Å². The highest BCUT2D eigenvalue weighted by molar-refractivity contribution is 7.15. The van der Waals surface area contributed by atoms with Crippen molar-refractivity contribution >= 4 is 16.5 Å². The van der Waals surface area contributed by atoms with Crippen molar-refractivity contribution in [3.8, 4) is 0 Å². The minimum atomic E-state index is -4.36. The molecule has 1 rings (SSSR count). The van der Waals surface area contributed by atoms with Gasteiger partial charge >= 0.3 is 6.18 Å². The van der Waals surface area contributed by atoms with Gasteiger partial charge in [0.1, 0.15) is 4.88 Å². The fourth-order valence-corrected chi connectivity index (χ4v) is 1.62. The minimum absolute atomic E-state index is 0.00273. The second-order valence-corrected chi connectivity index (χ2v) is 5.42. The van der Waals surface area contributed by atoms with E-state index in [9.17, 15) is 18.3 Å². The zero-order valence-corrected chi connectivity index (χ0v) is 10.6. The van der Waals surface area contributed by atoms with E-state index in [1.807, 2.05) is 13.8 Å². The number of anilines is 1. The van der Waals surface area contributed by atoms with E-state index in [0.717, 1.165) is 6.20 Å². The second-order valence-electron chi connectivity index (χ2n) is 4.39. The Kier molecular flexibility index (Phi) is 4.03. The van der Waals surface area contributed by atoms with Crippen LogP contribution in [0, 0.1) is 5.92 Å². The van der Waals surface area contributed by atoms with Crippen molar-refractivity contribution in [2.45, 2.75) is 32.5 Å². The van der Waals surface area contributed by atoms with Crippen LogP contribution in [-0.2, 0) is 6.18 Å². The quantitative estimate of drug-likeness (QED) is 0.882. The van der Waals surface area contributed by atoms with Gasteiger partial charge in [0.25, 0.3) is 0 Å². The number of hydrogen-bond acceptors (Lipinski definition) is 4. The lowest BCUT2D eigenvalue weighted by molar-refractivity contribution is -0.134. The first-order chi connectivity index (χ1) is 7.63. The Balaban J connectivity index is 2.63. The average Bonchev–Trinajstić information content (AvgIpc) is 2.62. The molecular weight excluding hydrogens is 253 g/mol. The molecule has 3 nitrogen and oxygen atoms in total. The van der Waals surface area contributed by atoms with Gasteiger partial charge in [0.2, 0.25) is 0 Å². The summed E-state index contributed by atoms with van der Waals surface area (Å²) < 4.78 is 36.9. The Bertz CT molecular complexity index is 374. The van der Waals surface area contributed by atoms with E-state index in [1.165, 1.54) is 0 Å². The molecule has 0 aliphatic heterocycles. The SMILES string of the molecule is CC(C)[C@](C)(O)CNc1ncc(C(F)(F)F)s1. The summed E-state index contributed by atoms with van der Waals surface area (Å²) in [6.07, 6.45) is -3.57. The predicted molar refractivity (Wildman–Crippen MR) is 61.1 cm³/mol. The van der Waals surface area contributed by atoms with Crippen molar-refractivity contribution in [3.63, 3.8) is 0 Å². The van der Waals surface area contributed by atoms with Gasteiger partial charge in [0.15, 0.2) is 5.13 Å². The van der Waals surface area contributed by atoms with Crippen LogP contribution < -0.4 is 5.32 Å². The lowest BCUT2D eigenvalue weighted by Crippen LogP contribution is -2.38. The molecule has 0 spiro atoms. The maximum atomic E-state index is 12.3. The molecule has 0 fully saturated rings. The number of aliphatic hydroxyl groups is 1. The zero-order chi connectivity index (χ0) is 13.3. The highest BCUT2D eigenvalue weighted by Crippen LogP contribution is 2.35.